The molecule has 0 saturated carbocycles. The van der Waals surface area contributed by atoms with E-state index in [9.17, 15) is 14.0 Å². The van der Waals surface area contributed by atoms with Gasteiger partial charge in [0.25, 0.3) is 0 Å². The number of hydrogen-bond acceptors (Lipinski definition) is 5. The lowest BCUT2D eigenvalue weighted by Gasteiger charge is -2.22. The number of hydrogen-bond donors (Lipinski definition) is 0. The fraction of sp³-hybridized carbons (Fsp3) is 0. The first-order valence-electron chi connectivity index (χ1n) is 13.1. The number of rotatable bonds is 7. The quantitative estimate of drug-likeness (QED) is 0.211. The van der Waals surface area contributed by atoms with E-state index in [4.69, 9.17) is 8.47 Å². The molecule has 42 heavy (non-hydrogen) atoms. The first-order valence-corrected chi connectivity index (χ1v) is 15.5. The van der Waals surface area contributed by atoms with E-state index in [1.54, 1.807) is 0 Å². The molecule has 0 aromatic heterocycles. The van der Waals surface area contributed by atoms with Crippen molar-refractivity contribution in [1.29, 1.82) is 0 Å². The van der Waals surface area contributed by atoms with E-state index in [1.165, 1.54) is 0 Å². The van der Waals surface area contributed by atoms with Crippen LogP contribution in [-0.4, -0.2) is 4.86 Å². The Bertz CT molecular complexity index is 1710. The summed E-state index contributed by atoms with van der Waals surface area (Å²) in [6.07, 6.45) is 9.42. The smallest absolute Gasteiger partial charge is 0.147 e. The van der Waals surface area contributed by atoms with Gasteiger partial charge in [-0.3, -0.25) is 0 Å². The van der Waals surface area contributed by atoms with Crippen molar-refractivity contribution >= 4 is 37.6 Å². The van der Waals surface area contributed by atoms with Crippen LogP contribution in [0.15, 0.2) is 157 Å². The minimum Gasteiger partial charge on any atom is -0.456 e. The van der Waals surface area contributed by atoms with Crippen molar-refractivity contribution in [2.75, 3.05) is 0 Å². The van der Waals surface area contributed by atoms with E-state index >= 15 is 0 Å². The van der Waals surface area contributed by atoms with Gasteiger partial charge in [0.15, 0.2) is 0 Å². The van der Waals surface area contributed by atoms with Gasteiger partial charge in [0.05, 0.1) is 15.1 Å². The first-order chi connectivity index (χ1) is 20.4. The van der Waals surface area contributed by atoms with Gasteiger partial charge in [0.2, 0.25) is 0 Å². The summed E-state index contributed by atoms with van der Waals surface area (Å²) in [4.78, 5) is 1.12. The third-order valence-electron chi connectivity index (χ3n) is 6.54. The van der Waals surface area contributed by atoms with Crippen molar-refractivity contribution in [2.45, 2.75) is 0 Å². The van der Waals surface area contributed by atoms with Crippen LogP contribution in [0.2, 0.25) is 0 Å². The predicted octanol–water partition coefficient (Wildman–Crippen LogP) is 5.43. The zero-order valence-electron chi connectivity index (χ0n) is 22.3. The van der Waals surface area contributed by atoms with Crippen LogP contribution in [-0.2, 0) is 8.47 Å². The maximum atomic E-state index is 12.0. The van der Waals surface area contributed by atoms with E-state index in [1.807, 2.05) is 152 Å². The van der Waals surface area contributed by atoms with E-state index in [2.05, 4.69) is 0 Å². The largest absolute Gasteiger partial charge is 0.456 e. The SMILES string of the molecule is [O-][Cl+3]([O-])([O-])OS1=C(C=C2C=C(c3ccccc3)OC(c3ccccc3)=C2)C=C(c2ccccc2)C=C1c1ccccc1. The van der Waals surface area contributed by atoms with Crippen molar-refractivity contribution < 1.29 is 32.7 Å². The highest BCUT2D eigenvalue weighted by Crippen LogP contribution is 2.44. The average Bonchev–Trinajstić information content (AvgIpc) is 3.03. The van der Waals surface area contributed by atoms with Crippen LogP contribution in [0.25, 0.3) is 22.0 Å². The summed E-state index contributed by atoms with van der Waals surface area (Å²) in [6, 6.07) is 38.6. The highest BCUT2D eigenvalue weighted by molar-refractivity contribution is 8.20. The van der Waals surface area contributed by atoms with Crippen molar-refractivity contribution in [3.05, 3.63) is 180 Å². The van der Waals surface area contributed by atoms with Crippen molar-refractivity contribution in [1.82, 2.24) is 0 Å². The molecule has 4 aromatic rings. The molecule has 0 fully saturated rings. The summed E-state index contributed by atoms with van der Waals surface area (Å²) in [5, 5.41) is 0. The van der Waals surface area contributed by atoms with Crippen LogP contribution >= 0.6 is 10.8 Å². The van der Waals surface area contributed by atoms with Gasteiger partial charge in [0, 0.05) is 16.0 Å². The Hall–Kier alpha value is -4.27. The van der Waals surface area contributed by atoms with E-state index in [-0.39, 0.29) is 0 Å². The highest BCUT2D eigenvalue weighted by Gasteiger charge is 2.31. The first kappa shape index (κ1) is 27.9. The molecule has 0 spiro atoms. The summed E-state index contributed by atoms with van der Waals surface area (Å²) in [5.41, 5.74) is 5.10. The van der Waals surface area contributed by atoms with Gasteiger partial charge in [-0.15, -0.1) is 0 Å². The molecule has 6 rings (SSSR count). The Morgan fingerprint density at radius 3 is 1.48 bits per heavy atom. The normalized spacial score (nSPS) is 17.0. The molecule has 0 amide bonds. The second-order valence-corrected chi connectivity index (χ2v) is 12.2. The Morgan fingerprint density at radius 1 is 0.548 bits per heavy atom. The second-order valence-electron chi connectivity index (χ2n) is 9.45. The number of halogens is 1. The number of benzene rings is 4. The fourth-order valence-electron chi connectivity index (χ4n) is 4.66. The minimum absolute atomic E-state index is 0.534. The van der Waals surface area contributed by atoms with Crippen LogP contribution < -0.4 is 14.0 Å². The van der Waals surface area contributed by atoms with Crippen LogP contribution in [0.1, 0.15) is 22.3 Å². The monoisotopic (exact) mass is 592 g/mol. The molecule has 0 bridgehead atoms. The molecule has 5 nitrogen and oxygen atoms in total. The van der Waals surface area contributed by atoms with E-state index in [0.29, 0.717) is 21.3 Å². The molecule has 2 aliphatic heterocycles. The molecule has 1 atom stereocenters. The van der Waals surface area contributed by atoms with Gasteiger partial charge in [-0.1, -0.05) is 121 Å². The predicted molar refractivity (Wildman–Crippen MR) is 161 cm³/mol. The lowest BCUT2D eigenvalue weighted by molar-refractivity contribution is -1.91. The Balaban J connectivity index is 1.57. The highest BCUT2D eigenvalue weighted by atomic mass is 35.7. The minimum atomic E-state index is -4.73. The summed E-state index contributed by atoms with van der Waals surface area (Å²) in [6.45, 7) is 0. The molecule has 208 valence electrons. The summed E-state index contributed by atoms with van der Waals surface area (Å²) < 4.78 is 47.6. The molecule has 2 aliphatic rings. The topological polar surface area (TPSA) is 87.6 Å². The molecule has 2 heterocycles. The van der Waals surface area contributed by atoms with Crippen molar-refractivity contribution in [3.8, 4) is 0 Å². The molecule has 0 N–H and O–H groups in total. The fourth-order valence-corrected chi connectivity index (χ4v) is 7.16. The Labute approximate surface area is 249 Å². The van der Waals surface area contributed by atoms with Gasteiger partial charge in [-0.2, -0.15) is 14.0 Å². The second kappa shape index (κ2) is 12.3. The standard InChI is InChI=1S/C35H25ClO5S/c37-36(38,39)41-42-32(24-31(27-13-5-1-6-14-27)25-35(42)30-19-11-4-12-20-30)21-26-22-33(28-15-7-2-8-16-28)40-34(23-26)29-17-9-3-10-18-29/h1-25H. The van der Waals surface area contributed by atoms with E-state index < -0.39 is 21.0 Å². The molecule has 0 saturated heterocycles. The average molecular weight is 593 g/mol. The van der Waals surface area contributed by atoms with Crippen molar-refractivity contribution in [2.24, 2.45) is 0 Å². The Morgan fingerprint density at radius 2 is 1.00 bits per heavy atom. The zero-order chi connectivity index (χ0) is 28.9. The van der Waals surface area contributed by atoms with Crippen molar-refractivity contribution in [3.63, 3.8) is 0 Å². The molecule has 0 radical (unpaired) electrons. The lowest BCUT2D eigenvalue weighted by Crippen LogP contribution is -2.60. The van der Waals surface area contributed by atoms with Gasteiger partial charge in [-0.05, 0) is 52.7 Å². The summed E-state index contributed by atoms with van der Waals surface area (Å²) >= 11 is 0. The Kier molecular flexibility index (Phi) is 8.17. The number of allylic oxidation sites excluding steroid dienone is 7. The lowest BCUT2D eigenvalue weighted by atomic mass is 10.0. The third-order valence-corrected chi connectivity index (χ3v) is 9.08. The van der Waals surface area contributed by atoms with Crippen LogP contribution in [0.4, 0.5) is 0 Å². The molecular formula is C35H25ClO5S. The van der Waals surface area contributed by atoms with Crippen LogP contribution in [0.3, 0.4) is 0 Å². The molecular weight excluding hydrogens is 568 g/mol. The van der Waals surface area contributed by atoms with Gasteiger partial charge >= 0.3 is 0 Å². The van der Waals surface area contributed by atoms with Gasteiger partial charge < -0.3 is 4.74 Å². The molecule has 4 aromatic carbocycles. The maximum Gasteiger partial charge on any atom is 0.147 e. The molecule has 1 unspecified atom stereocenters. The molecule has 7 heteroatoms. The van der Waals surface area contributed by atoms with Gasteiger partial charge in [-0.25, -0.2) is 0 Å². The van der Waals surface area contributed by atoms with E-state index in [0.717, 1.165) is 33.4 Å². The molecule has 0 aliphatic carbocycles. The number of ether oxygens (including phenoxy) is 1. The van der Waals surface area contributed by atoms with Gasteiger partial charge in [0.1, 0.15) is 26.0 Å². The van der Waals surface area contributed by atoms with Crippen LogP contribution in [0.5, 0.6) is 0 Å². The zero-order valence-corrected chi connectivity index (χ0v) is 23.8. The van der Waals surface area contributed by atoms with Crippen LogP contribution in [0, 0.1) is 10.2 Å². The maximum absolute atomic E-state index is 12.0. The third kappa shape index (κ3) is 6.61. The summed E-state index contributed by atoms with van der Waals surface area (Å²) in [7, 11) is -6.26. The summed E-state index contributed by atoms with van der Waals surface area (Å²) in [5.74, 6) is 1.28.